The van der Waals surface area contributed by atoms with Gasteiger partial charge in [0.1, 0.15) is 6.04 Å². The molecule has 216 valence electrons. The molecule has 1 saturated heterocycles. The summed E-state index contributed by atoms with van der Waals surface area (Å²) < 4.78 is 5.06. The van der Waals surface area contributed by atoms with Gasteiger partial charge in [-0.2, -0.15) is 0 Å². The number of oxime groups is 1. The Morgan fingerprint density at radius 1 is 1.15 bits per heavy atom. The van der Waals surface area contributed by atoms with E-state index < -0.39 is 18.2 Å². The van der Waals surface area contributed by atoms with Crippen LogP contribution < -0.4 is 21.3 Å². The van der Waals surface area contributed by atoms with Crippen LogP contribution in [-0.4, -0.2) is 99.6 Å². The number of nitrogens with one attached hydrogen (secondary N) is 2. The van der Waals surface area contributed by atoms with E-state index >= 15 is 0 Å². The molecule has 13 nitrogen and oxygen atoms in total. The summed E-state index contributed by atoms with van der Waals surface area (Å²) in [6.45, 7) is 6.11. The Hall–Kier alpha value is -3.87. The number of esters is 1. The minimum Gasteiger partial charge on any atom is -0.465 e. The number of hydrogen-bond donors (Lipinski definition) is 3. The number of rotatable bonds is 13. The number of nitrogens with two attached hydrogens (primary N) is 1. The number of amides is 4. The summed E-state index contributed by atoms with van der Waals surface area (Å²) in [7, 11) is 5.55. The van der Waals surface area contributed by atoms with Gasteiger partial charge in [-0.25, -0.2) is 9.59 Å². The maximum absolute atomic E-state index is 12.8. The average molecular weight is 548 g/mol. The highest BCUT2D eigenvalue weighted by Gasteiger charge is 2.33. The molecule has 1 heterocycles. The molecule has 1 aromatic rings. The fraction of sp³-hybridized carbons (Fsp3) is 0.577. The maximum Gasteiger partial charge on any atom is 0.435 e. The molecule has 0 aromatic heterocycles. The van der Waals surface area contributed by atoms with Gasteiger partial charge in [0.2, 0.25) is 5.91 Å². The standard InChI is InChI=1S/C26H41N7O6/c1-18(2)17-38-22(34)11-13-28-25(36)29-21-12-16-33(24(21)35)20-9-7-19(8-10-20)23(27)30-39-26(37)32(5)15-6-14-31(3)4/h7-10,18,21H,6,11-17H2,1-5H3,(H2,27,30)(H2,28,29,36)/t21-/m0/s1. The van der Waals surface area contributed by atoms with Crippen LogP contribution in [0.3, 0.4) is 0 Å². The third-order valence-electron chi connectivity index (χ3n) is 5.81. The topological polar surface area (TPSA) is 159 Å². The molecule has 0 bridgehead atoms. The van der Waals surface area contributed by atoms with Crippen molar-refractivity contribution in [2.75, 3.05) is 58.8 Å². The van der Waals surface area contributed by atoms with Crippen LogP contribution in [0.5, 0.6) is 0 Å². The molecule has 0 unspecified atom stereocenters. The second kappa shape index (κ2) is 15.5. The quantitative estimate of drug-likeness (QED) is 0.110. The van der Waals surface area contributed by atoms with E-state index in [9.17, 15) is 19.2 Å². The molecule has 0 saturated carbocycles. The SMILES string of the molecule is CC(C)COC(=O)CCNC(=O)N[C@H]1CCN(c2ccc(/C(N)=N/OC(=O)N(C)CCCN(C)C)cc2)C1=O. The fourth-order valence-electron chi connectivity index (χ4n) is 3.63. The van der Waals surface area contributed by atoms with Gasteiger partial charge in [-0.15, -0.1) is 0 Å². The molecule has 1 aliphatic heterocycles. The normalized spacial score (nSPS) is 15.5. The number of ether oxygens (including phenoxy) is 1. The molecular formula is C26H41N7O6. The summed E-state index contributed by atoms with van der Waals surface area (Å²) in [6, 6.07) is 5.54. The second-order valence-corrected chi connectivity index (χ2v) is 10.0. The summed E-state index contributed by atoms with van der Waals surface area (Å²) in [5.74, 6) is -0.374. The maximum atomic E-state index is 12.8. The van der Waals surface area contributed by atoms with Crippen LogP contribution >= 0.6 is 0 Å². The molecule has 0 radical (unpaired) electrons. The van der Waals surface area contributed by atoms with Crippen LogP contribution in [0.25, 0.3) is 0 Å². The van der Waals surface area contributed by atoms with E-state index in [0.717, 1.165) is 13.0 Å². The highest BCUT2D eigenvalue weighted by atomic mass is 16.7. The number of anilines is 1. The van der Waals surface area contributed by atoms with E-state index in [-0.39, 0.29) is 36.6 Å². The fourth-order valence-corrected chi connectivity index (χ4v) is 3.63. The largest absolute Gasteiger partial charge is 0.465 e. The molecule has 13 heteroatoms. The number of benzene rings is 1. The van der Waals surface area contributed by atoms with Crippen LogP contribution in [-0.2, 0) is 19.2 Å². The molecule has 1 aliphatic rings. The molecule has 4 N–H and O–H groups in total. The van der Waals surface area contributed by atoms with Gasteiger partial charge in [0.15, 0.2) is 5.84 Å². The van der Waals surface area contributed by atoms with Crippen LogP contribution in [0.1, 0.15) is 38.7 Å². The Bertz CT molecular complexity index is 1010. The Morgan fingerprint density at radius 3 is 2.49 bits per heavy atom. The summed E-state index contributed by atoms with van der Waals surface area (Å²) in [5.41, 5.74) is 7.12. The summed E-state index contributed by atoms with van der Waals surface area (Å²) in [6.07, 6.45) is 0.678. The first-order valence-corrected chi connectivity index (χ1v) is 13.0. The van der Waals surface area contributed by atoms with Gasteiger partial charge in [0.05, 0.1) is 13.0 Å². The van der Waals surface area contributed by atoms with Gasteiger partial charge in [-0.3, -0.25) is 14.4 Å². The lowest BCUT2D eigenvalue weighted by molar-refractivity contribution is -0.144. The first kappa shape index (κ1) is 31.3. The number of nitrogens with zero attached hydrogens (tertiary/aromatic N) is 4. The van der Waals surface area contributed by atoms with Gasteiger partial charge in [-0.1, -0.05) is 19.0 Å². The number of amidine groups is 1. The van der Waals surface area contributed by atoms with E-state index in [1.54, 1.807) is 36.2 Å². The predicted octanol–water partition coefficient (Wildman–Crippen LogP) is 1.32. The zero-order chi connectivity index (χ0) is 28.9. The van der Waals surface area contributed by atoms with Crippen molar-refractivity contribution in [3.63, 3.8) is 0 Å². The molecule has 39 heavy (non-hydrogen) atoms. The Kier molecular flexibility index (Phi) is 12.5. The molecule has 2 rings (SSSR count). The van der Waals surface area contributed by atoms with Crippen LogP contribution in [0.15, 0.2) is 29.4 Å². The van der Waals surface area contributed by atoms with E-state index in [2.05, 4.69) is 15.8 Å². The van der Waals surface area contributed by atoms with Crippen molar-refractivity contribution in [3.05, 3.63) is 29.8 Å². The number of hydrogen-bond acceptors (Lipinski definition) is 8. The van der Waals surface area contributed by atoms with Gasteiger partial charge < -0.3 is 35.8 Å². The molecular weight excluding hydrogens is 506 g/mol. The molecule has 0 spiro atoms. The van der Waals surface area contributed by atoms with Crippen molar-refractivity contribution in [1.29, 1.82) is 0 Å². The van der Waals surface area contributed by atoms with Crippen molar-refractivity contribution < 1.29 is 28.8 Å². The number of urea groups is 1. The predicted molar refractivity (Wildman–Crippen MR) is 147 cm³/mol. The molecule has 1 atom stereocenters. The van der Waals surface area contributed by atoms with Crippen LogP contribution in [0, 0.1) is 5.92 Å². The first-order valence-electron chi connectivity index (χ1n) is 13.0. The molecule has 1 fully saturated rings. The molecule has 1 aromatic carbocycles. The number of carbonyl (C=O) groups excluding carboxylic acids is 4. The van der Waals surface area contributed by atoms with Gasteiger partial charge in [0, 0.05) is 37.9 Å². The first-order chi connectivity index (χ1) is 18.5. The molecule has 4 amide bonds. The van der Waals surface area contributed by atoms with Crippen LogP contribution in [0.2, 0.25) is 0 Å². The third kappa shape index (κ3) is 10.8. The lowest BCUT2D eigenvalue weighted by atomic mass is 10.2. The van der Waals surface area contributed by atoms with Gasteiger partial charge in [0.25, 0.3) is 0 Å². The second-order valence-electron chi connectivity index (χ2n) is 10.0. The van der Waals surface area contributed by atoms with E-state index in [1.165, 1.54) is 4.90 Å². The van der Waals surface area contributed by atoms with Crippen molar-refractivity contribution in [1.82, 2.24) is 20.4 Å². The smallest absolute Gasteiger partial charge is 0.435 e. The highest BCUT2D eigenvalue weighted by Crippen LogP contribution is 2.22. The lowest BCUT2D eigenvalue weighted by Gasteiger charge is -2.18. The van der Waals surface area contributed by atoms with E-state index in [4.69, 9.17) is 15.3 Å². The van der Waals surface area contributed by atoms with Crippen molar-refractivity contribution in [3.8, 4) is 0 Å². The van der Waals surface area contributed by atoms with Gasteiger partial charge in [-0.05, 0) is 63.7 Å². The van der Waals surface area contributed by atoms with Crippen molar-refractivity contribution in [2.24, 2.45) is 16.8 Å². The summed E-state index contributed by atoms with van der Waals surface area (Å²) >= 11 is 0. The minimum absolute atomic E-state index is 0.0219. The minimum atomic E-state index is -0.682. The highest BCUT2D eigenvalue weighted by molar-refractivity contribution is 6.02. The Labute approximate surface area is 229 Å². The van der Waals surface area contributed by atoms with E-state index in [1.807, 2.05) is 32.8 Å². The third-order valence-corrected chi connectivity index (χ3v) is 5.81. The van der Waals surface area contributed by atoms with Crippen molar-refractivity contribution >= 4 is 35.5 Å². The Balaban J connectivity index is 1.81. The zero-order valence-corrected chi connectivity index (χ0v) is 23.4. The lowest BCUT2D eigenvalue weighted by Crippen LogP contribution is -2.46. The summed E-state index contributed by atoms with van der Waals surface area (Å²) in [4.78, 5) is 58.7. The number of carbonyl (C=O) groups is 4. The average Bonchev–Trinajstić information content (AvgIpc) is 3.25. The Morgan fingerprint density at radius 2 is 1.85 bits per heavy atom. The monoisotopic (exact) mass is 547 g/mol. The summed E-state index contributed by atoms with van der Waals surface area (Å²) in [5, 5.41) is 8.95. The van der Waals surface area contributed by atoms with Crippen molar-refractivity contribution in [2.45, 2.75) is 39.2 Å². The molecule has 0 aliphatic carbocycles. The zero-order valence-electron chi connectivity index (χ0n) is 23.4. The van der Waals surface area contributed by atoms with Gasteiger partial charge >= 0.3 is 18.1 Å². The van der Waals surface area contributed by atoms with E-state index in [0.29, 0.717) is 37.4 Å². The van der Waals surface area contributed by atoms with Crippen LogP contribution in [0.4, 0.5) is 15.3 Å².